The van der Waals surface area contributed by atoms with Gasteiger partial charge in [-0.2, -0.15) is 0 Å². The van der Waals surface area contributed by atoms with Crippen LogP contribution in [-0.4, -0.2) is 33.5 Å². The Kier molecular flexibility index (Phi) is 6.80. The maximum atomic E-state index is 13.0. The number of benzene rings is 2. The molecule has 1 heterocycles. The van der Waals surface area contributed by atoms with Crippen LogP contribution >= 0.6 is 12.4 Å². The molecule has 9 heteroatoms. The summed E-state index contributed by atoms with van der Waals surface area (Å²) < 4.78 is 40.5. The number of halogens is 2. The summed E-state index contributed by atoms with van der Waals surface area (Å²) in [5.41, 5.74) is 1.25. The molecule has 3 N–H and O–H groups in total. The summed E-state index contributed by atoms with van der Waals surface area (Å²) in [6.07, 6.45) is 0.842. The van der Waals surface area contributed by atoms with Gasteiger partial charge < -0.3 is 10.6 Å². The van der Waals surface area contributed by atoms with E-state index in [0.29, 0.717) is 17.7 Å². The average Bonchev–Trinajstić information content (AvgIpc) is 3.10. The van der Waals surface area contributed by atoms with Gasteiger partial charge >= 0.3 is 0 Å². The van der Waals surface area contributed by atoms with E-state index in [0.717, 1.165) is 13.0 Å². The number of anilines is 1. The third-order valence-electron chi connectivity index (χ3n) is 4.26. The summed E-state index contributed by atoms with van der Waals surface area (Å²) in [5.74, 6) is -0.751. The number of aryl methyl sites for hydroxylation is 1. The van der Waals surface area contributed by atoms with Crippen LogP contribution in [0, 0.1) is 12.7 Å². The Morgan fingerprint density at radius 3 is 2.52 bits per heavy atom. The van der Waals surface area contributed by atoms with Crippen LogP contribution in [-0.2, 0) is 10.0 Å². The molecule has 146 valence electrons. The summed E-state index contributed by atoms with van der Waals surface area (Å²) >= 11 is 0. The van der Waals surface area contributed by atoms with Crippen molar-refractivity contribution in [1.82, 2.24) is 10.6 Å². The van der Waals surface area contributed by atoms with E-state index in [1.807, 2.05) is 0 Å². The highest BCUT2D eigenvalue weighted by molar-refractivity contribution is 7.92. The molecular weight excluding hydrogens is 393 g/mol. The number of nitrogens with one attached hydrogen (secondary N) is 3. The van der Waals surface area contributed by atoms with Gasteiger partial charge in [0.2, 0.25) is 0 Å². The summed E-state index contributed by atoms with van der Waals surface area (Å²) in [4.78, 5) is 12.5. The van der Waals surface area contributed by atoms with Crippen LogP contribution in [0.5, 0.6) is 0 Å². The van der Waals surface area contributed by atoms with Gasteiger partial charge in [0, 0.05) is 23.8 Å². The molecule has 1 aliphatic heterocycles. The molecule has 27 heavy (non-hydrogen) atoms. The SMILES string of the molecule is Cc1ccc(S(=O)(=O)Nc2ccc(F)cc2)cc1C(=O)NC1CCNC1.Cl. The minimum atomic E-state index is -3.89. The van der Waals surface area contributed by atoms with Crippen molar-refractivity contribution in [2.75, 3.05) is 17.8 Å². The second-order valence-corrected chi connectivity index (χ2v) is 7.93. The molecule has 6 nitrogen and oxygen atoms in total. The van der Waals surface area contributed by atoms with Crippen molar-refractivity contribution in [3.8, 4) is 0 Å². The second kappa shape index (κ2) is 8.69. The van der Waals surface area contributed by atoms with Gasteiger partial charge in [-0.15, -0.1) is 12.4 Å². The molecule has 3 rings (SSSR count). The number of hydrogen-bond donors (Lipinski definition) is 3. The average molecular weight is 414 g/mol. The molecule has 1 saturated heterocycles. The molecule has 1 aliphatic rings. The van der Waals surface area contributed by atoms with Gasteiger partial charge in [-0.05, 0) is 61.9 Å². The number of carbonyl (C=O) groups is 1. The number of sulfonamides is 1. The van der Waals surface area contributed by atoms with E-state index in [9.17, 15) is 17.6 Å². The molecule has 0 bridgehead atoms. The Morgan fingerprint density at radius 2 is 1.89 bits per heavy atom. The Hall–Kier alpha value is -2.16. The van der Waals surface area contributed by atoms with Gasteiger partial charge in [0.15, 0.2) is 0 Å². The Morgan fingerprint density at radius 1 is 1.19 bits per heavy atom. The molecule has 2 aromatic carbocycles. The Balaban J connectivity index is 0.00000261. The molecule has 1 amide bonds. The molecule has 0 aromatic heterocycles. The van der Waals surface area contributed by atoms with E-state index in [1.54, 1.807) is 13.0 Å². The van der Waals surface area contributed by atoms with Crippen molar-refractivity contribution < 1.29 is 17.6 Å². The predicted molar refractivity (Wildman–Crippen MR) is 104 cm³/mol. The molecule has 1 fully saturated rings. The van der Waals surface area contributed by atoms with E-state index >= 15 is 0 Å². The third-order valence-corrected chi connectivity index (χ3v) is 5.63. The first kappa shape index (κ1) is 21.1. The summed E-state index contributed by atoms with van der Waals surface area (Å²) in [6, 6.07) is 9.45. The first-order chi connectivity index (χ1) is 12.3. The van der Waals surface area contributed by atoms with Crippen molar-refractivity contribution in [2.45, 2.75) is 24.3 Å². The van der Waals surface area contributed by atoms with Crippen molar-refractivity contribution >= 4 is 34.0 Å². The summed E-state index contributed by atoms with van der Waals surface area (Å²) in [7, 11) is -3.89. The monoisotopic (exact) mass is 413 g/mol. The van der Waals surface area contributed by atoms with Crippen LogP contribution in [0.1, 0.15) is 22.3 Å². The van der Waals surface area contributed by atoms with Crippen LogP contribution in [0.15, 0.2) is 47.4 Å². The van der Waals surface area contributed by atoms with Gasteiger partial charge in [-0.1, -0.05) is 6.07 Å². The first-order valence-electron chi connectivity index (χ1n) is 8.26. The first-order valence-corrected chi connectivity index (χ1v) is 9.74. The number of rotatable bonds is 5. The molecule has 0 aliphatic carbocycles. The fourth-order valence-electron chi connectivity index (χ4n) is 2.79. The standard InChI is InChI=1S/C18H20FN3O3S.ClH/c1-12-2-7-16(10-17(12)18(23)21-15-8-9-20-11-15)26(24,25)22-14-5-3-13(19)4-6-14;/h2-7,10,15,20,22H,8-9,11H2,1H3,(H,21,23);1H. The zero-order valence-corrected chi connectivity index (χ0v) is 16.3. The lowest BCUT2D eigenvalue weighted by Crippen LogP contribution is -2.36. The van der Waals surface area contributed by atoms with Crippen LogP contribution in [0.2, 0.25) is 0 Å². The minimum absolute atomic E-state index is 0. The fourth-order valence-corrected chi connectivity index (χ4v) is 3.87. The van der Waals surface area contributed by atoms with Crippen molar-refractivity contribution in [3.63, 3.8) is 0 Å². The number of amides is 1. The van der Waals surface area contributed by atoms with Crippen molar-refractivity contribution in [2.24, 2.45) is 0 Å². The summed E-state index contributed by atoms with van der Waals surface area (Å²) in [6.45, 7) is 3.31. The molecule has 2 aromatic rings. The lowest BCUT2D eigenvalue weighted by Gasteiger charge is -2.14. The normalized spacial score (nSPS) is 16.4. The summed E-state index contributed by atoms with van der Waals surface area (Å²) in [5, 5.41) is 6.08. The number of carbonyl (C=O) groups excluding carboxylic acids is 1. The molecule has 1 atom stereocenters. The third kappa shape index (κ3) is 5.18. The highest BCUT2D eigenvalue weighted by Crippen LogP contribution is 2.20. The highest BCUT2D eigenvalue weighted by Gasteiger charge is 2.21. The lowest BCUT2D eigenvalue weighted by atomic mass is 10.1. The van der Waals surface area contributed by atoms with Crippen LogP contribution in [0.3, 0.4) is 0 Å². The van der Waals surface area contributed by atoms with E-state index in [4.69, 9.17) is 0 Å². The zero-order chi connectivity index (χ0) is 18.7. The lowest BCUT2D eigenvalue weighted by molar-refractivity contribution is 0.0939. The van der Waals surface area contributed by atoms with E-state index < -0.39 is 15.8 Å². The van der Waals surface area contributed by atoms with E-state index in [2.05, 4.69) is 15.4 Å². The Labute approximate surface area is 164 Å². The van der Waals surface area contributed by atoms with Crippen LogP contribution < -0.4 is 15.4 Å². The van der Waals surface area contributed by atoms with Gasteiger partial charge in [0.05, 0.1) is 4.90 Å². The van der Waals surface area contributed by atoms with E-state index in [1.165, 1.54) is 36.4 Å². The van der Waals surface area contributed by atoms with Gasteiger partial charge in [-0.25, -0.2) is 12.8 Å². The number of hydrogen-bond acceptors (Lipinski definition) is 4. The van der Waals surface area contributed by atoms with Crippen LogP contribution in [0.4, 0.5) is 10.1 Å². The smallest absolute Gasteiger partial charge is 0.261 e. The van der Waals surface area contributed by atoms with E-state index in [-0.39, 0.29) is 34.9 Å². The highest BCUT2D eigenvalue weighted by atomic mass is 35.5. The topological polar surface area (TPSA) is 87.3 Å². The van der Waals surface area contributed by atoms with Gasteiger partial charge in [0.1, 0.15) is 5.82 Å². The van der Waals surface area contributed by atoms with Crippen LogP contribution in [0.25, 0.3) is 0 Å². The minimum Gasteiger partial charge on any atom is -0.348 e. The molecule has 0 spiro atoms. The van der Waals surface area contributed by atoms with Crippen molar-refractivity contribution in [3.05, 3.63) is 59.4 Å². The molecular formula is C18H21ClFN3O3S. The quantitative estimate of drug-likeness (QED) is 0.702. The molecule has 1 unspecified atom stereocenters. The maximum Gasteiger partial charge on any atom is 0.261 e. The van der Waals surface area contributed by atoms with Crippen molar-refractivity contribution in [1.29, 1.82) is 0 Å². The predicted octanol–water partition coefficient (Wildman–Crippen LogP) is 2.45. The largest absolute Gasteiger partial charge is 0.348 e. The fraction of sp³-hybridized carbons (Fsp3) is 0.278. The zero-order valence-electron chi connectivity index (χ0n) is 14.7. The van der Waals surface area contributed by atoms with Gasteiger partial charge in [0.25, 0.3) is 15.9 Å². The van der Waals surface area contributed by atoms with Gasteiger partial charge in [-0.3, -0.25) is 9.52 Å². The molecule has 0 saturated carbocycles. The Bertz CT molecular complexity index is 914. The maximum absolute atomic E-state index is 13.0. The molecule has 0 radical (unpaired) electrons. The second-order valence-electron chi connectivity index (χ2n) is 6.25.